The Bertz CT molecular complexity index is 464. The number of ether oxygens (including phenoxy) is 1. The van der Waals surface area contributed by atoms with Crippen LogP contribution in [0.4, 0.5) is 0 Å². The van der Waals surface area contributed by atoms with Crippen molar-refractivity contribution in [1.29, 1.82) is 0 Å². The molecule has 14 heavy (non-hydrogen) atoms. The van der Waals surface area contributed by atoms with Gasteiger partial charge >= 0.3 is 5.97 Å². The number of benzene rings is 1. The van der Waals surface area contributed by atoms with Crippen molar-refractivity contribution < 1.29 is 9.53 Å². The Labute approximate surface area is 80.3 Å². The van der Waals surface area contributed by atoms with Crippen molar-refractivity contribution in [2.24, 2.45) is 0 Å². The molecule has 0 fully saturated rings. The van der Waals surface area contributed by atoms with Crippen LogP contribution in [0, 0.1) is 0 Å². The molecule has 0 aliphatic rings. The molecule has 2 rings (SSSR count). The lowest BCUT2D eigenvalue weighted by Gasteiger charge is -1.99. The smallest absolute Gasteiger partial charge is 0.327 e. The van der Waals surface area contributed by atoms with Gasteiger partial charge in [0.25, 0.3) is 0 Å². The number of esters is 1. The van der Waals surface area contributed by atoms with E-state index in [2.05, 4.69) is 15.0 Å². The summed E-state index contributed by atoms with van der Waals surface area (Å²) in [5.74, 6) is -0.333. The predicted octanol–water partition coefficient (Wildman–Crippen LogP) is 0.604. The highest BCUT2D eigenvalue weighted by Crippen LogP contribution is 2.09. The summed E-state index contributed by atoms with van der Waals surface area (Å²) in [6, 6.07) is 7.45. The summed E-state index contributed by atoms with van der Waals surface area (Å²) in [4.78, 5) is 11.0. The van der Waals surface area contributed by atoms with E-state index in [4.69, 9.17) is 0 Å². The van der Waals surface area contributed by atoms with Crippen molar-refractivity contribution in [1.82, 2.24) is 15.0 Å². The van der Waals surface area contributed by atoms with Crippen LogP contribution in [0.15, 0.2) is 24.3 Å². The fourth-order valence-corrected chi connectivity index (χ4v) is 1.22. The van der Waals surface area contributed by atoms with Gasteiger partial charge in [0.15, 0.2) is 0 Å². The molecule has 0 radical (unpaired) electrons. The number of nitrogens with zero attached hydrogens (tertiary/aromatic N) is 3. The van der Waals surface area contributed by atoms with Gasteiger partial charge in [-0.3, -0.25) is 4.79 Å². The molecule has 0 saturated carbocycles. The molecular formula is C9H9N3O2. The number of para-hydroxylation sites is 1. The molecule has 72 valence electrons. The molecule has 1 aromatic carbocycles. The van der Waals surface area contributed by atoms with Gasteiger partial charge in [0.2, 0.25) is 0 Å². The second kappa shape index (κ2) is 3.45. The van der Waals surface area contributed by atoms with Crippen molar-refractivity contribution in [2.75, 3.05) is 7.11 Å². The average Bonchev–Trinajstić information content (AvgIpc) is 2.62. The van der Waals surface area contributed by atoms with Crippen LogP contribution in [0.25, 0.3) is 11.0 Å². The minimum Gasteiger partial charge on any atom is -0.468 e. The number of rotatable bonds is 2. The summed E-state index contributed by atoms with van der Waals surface area (Å²) in [5, 5.41) is 7.76. The number of fused-ring (bicyclic) bond motifs is 1. The van der Waals surface area contributed by atoms with Gasteiger partial charge in [-0.05, 0) is 12.1 Å². The number of hydrogen-bond donors (Lipinski definition) is 0. The van der Waals surface area contributed by atoms with Gasteiger partial charge in [-0.15, -0.1) is 5.10 Å². The maximum atomic E-state index is 11.0. The van der Waals surface area contributed by atoms with E-state index >= 15 is 0 Å². The molecule has 5 nitrogen and oxygen atoms in total. The normalized spacial score (nSPS) is 10.4. The number of aromatic nitrogens is 3. The zero-order valence-electron chi connectivity index (χ0n) is 7.67. The quantitative estimate of drug-likeness (QED) is 0.652. The number of methoxy groups -OCH3 is 1. The van der Waals surface area contributed by atoms with E-state index < -0.39 is 0 Å². The molecule has 0 N–H and O–H groups in total. The topological polar surface area (TPSA) is 57.0 Å². The molecule has 5 heteroatoms. The van der Waals surface area contributed by atoms with Crippen LogP contribution in [0.3, 0.4) is 0 Å². The van der Waals surface area contributed by atoms with E-state index in [1.165, 1.54) is 11.8 Å². The largest absolute Gasteiger partial charge is 0.468 e. The minimum atomic E-state index is -0.333. The molecule has 1 heterocycles. The van der Waals surface area contributed by atoms with Crippen molar-refractivity contribution in [3.8, 4) is 0 Å². The van der Waals surface area contributed by atoms with Crippen LogP contribution < -0.4 is 0 Å². The number of carbonyl (C=O) groups excluding carboxylic acids is 1. The van der Waals surface area contributed by atoms with Crippen LogP contribution in [0.1, 0.15) is 0 Å². The van der Waals surface area contributed by atoms with E-state index in [9.17, 15) is 4.79 Å². The zero-order valence-corrected chi connectivity index (χ0v) is 7.67. The third-order valence-corrected chi connectivity index (χ3v) is 1.93. The van der Waals surface area contributed by atoms with Crippen LogP contribution >= 0.6 is 0 Å². The Balaban J connectivity index is 2.38. The Morgan fingerprint density at radius 3 is 3.07 bits per heavy atom. The average molecular weight is 191 g/mol. The number of hydrogen-bond acceptors (Lipinski definition) is 4. The van der Waals surface area contributed by atoms with E-state index in [0.717, 1.165) is 11.0 Å². The van der Waals surface area contributed by atoms with Crippen LogP contribution in [-0.2, 0) is 16.1 Å². The van der Waals surface area contributed by atoms with Gasteiger partial charge < -0.3 is 4.74 Å². The SMILES string of the molecule is COC(=O)Cn1nnc2ccccc21. The second-order valence-corrected chi connectivity index (χ2v) is 2.81. The standard InChI is InChI=1S/C9H9N3O2/c1-14-9(13)6-12-8-5-3-2-4-7(8)10-11-12/h2-5H,6H2,1H3. The van der Waals surface area contributed by atoms with Crippen LogP contribution in [0.2, 0.25) is 0 Å². The third-order valence-electron chi connectivity index (χ3n) is 1.93. The van der Waals surface area contributed by atoms with Gasteiger partial charge in [0.1, 0.15) is 12.1 Å². The monoisotopic (exact) mass is 191 g/mol. The van der Waals surface area contributed by atoms with Crippen molar-refractivity contribution in [2.45, 2.75) is 6.54 Å². The van der Waals surface area contributed by atoms with E-state index in [0.29, 0.717) is 0 Å². The molecule has 1 aromatic heterocycles. The summed E-state index contributed by atoms with van der Waals surface area (Å²) >= 11 is 0. The molecule has 0 unspecified atom stereocenters. The molecule has 0 atom stereocenters. The first kappa shape index (κ1) is 8.68. The molecular weight excluding hydrogens is 182 g/mol. The highest BCUT2D eigenvalue weighted by Gasteiger charge is 2.07. The molecule has 0 aliphatic heterocycles. The Morgan fingerprint density at radius 1 is 1.50 bits per heavy atom. The van der Waals surface area contributed by atoms with Crippen molar-refractivity contribution >= 4 is 17.0 Å². The Kier molecular flexibility index (Phi) is 2.14. The maximum Gasteiger partial charge on any atom is 0.327 e. The van der Waals surface area contributed by atoms with Crippen molar-refractivity contribution in [3.05, 3.63) is 24.3 Å². The predicted molar refractivity (Wildman–Crippen MR) is 49.5 cm³/mol. The molecule has 2 aromatic rings. The van der Waals surface area contributed by atoms with E-state index in [1.54, 1.807) is 0 Å². The summed E-state index contributed by atoms with van der Waals surface area (Å²) < 4.78 is 6.06. The summed E-state index contributed by atoms with van der Waals surface area (Å²) in [5.41, 5.74) is 1.61. The lowest BCUT2D eigenvalue weighted by molar-refractivity contribution is -0.141. The molecule has 0 saturated heterocycles. The maximum absolute atomic E-state index is 11.0. The fraction of sp³-hybridized carbons (Fsp3) is 0.222. The lowest BCUT2D eigenvalue weighted by Crippen LogP contribution is -2.12. The molecule has 0 aliphatic carbocycles. The van der Waals surface area contributed by atoms with Gasteiger partial charge in [-0.1, -0.05) is 17.3 Å². The molecule has 0 spiro atoms. The van der Waals surface area contributed by atoms with Gasteiger partial charge in [0, 0.05) is 0 Å². The number of carbonyl (C=O) groups is 1. The lowest BCUT2D eigenvalue weighted by atomic mass is 10.3. The first-order chi connectivity index (χ1) is 6.81. The highest BCUT2D eigenvalue weighted by atomic mass is 16.5. The van der Waals surface area contributed by atoms with Crippen LogP contribution in [0.5, 0.6) is 0 Å². The van der Waals surface area contributed by atoms with Crippen LogP contribution in [-0.4, -0.2) is 28.1 Å². The molecule has 0 bridgehead atoms. The fourth-order valence-electron chi connectivity index (χ4n) is 1.22. The minimum absolute atomic E-state index is 0.0943. The summed E-state index contributed by atoms with van der Waals surface area (Å²) in [7, 11) is 1.35. The van der Waals surface area contributed by atoms with E-state index in [-0.39, 0.29) is 12.5 Å². The molecule has 0 amide bonds. The summed E-state index contributed by atoms with van der Waals surface area (Å²) in [6.45, 7) is 0.0943. The zero-order chi connectivity index (χ0) is 9.97. The Morgan fingerprint density at radius 2 is 2.29 bits per heavy atom. The van der Waals surface area contributed by atoms with Gasteiger partial charge in [0.05, 0.1) is 12.6 Å². The second-order valence-electron chi connectivity index (χ2n) is 2.81. The highest BCUT2D eigenvalue weighted by molar-refractivity contribution is 5.76. The first-order valence-corrected chi connectivity index (χ1v) is 4.16. The van der Waals surface area contributed by atoms with Gasteiger partial charge in [-0.2, -0.15) is 0 Å². The van der Waals surface area contributed by atoms with Gasteiger partial charge in [-0.25, -0.2) is 4.68 Å². The van der Waals surface area contributed by atoms with Crippen molar-refractivity contribution in [3.63, 3.8) is 0 Å². The van der Waals surface area contributed by atoms with E-state index in [1.807, 2.05) is 24.3 Å². The summed E-state index contributed by atoms with van der Waals surface area (Å²) in [6.07, 6.45) is 0. The Hall–Kier alpha value is -1.91. The first-order valence-electron chi connectivity index (χ1n) is 4.16. The third kappa shape index (κ3) is 1.44.